The molecule has 7 nitrogen and oxygen atoms in total. The molecule has 116 valence electrons. The summed E-state index contributed by atoms with van der Waals surface area (Å²) < 4.78 is 5.24. The number of para-hydroxylation sites is 1. The average molecular weight is 301 g/mol. The Morgan fingerprint density at radius 3 is 2.82 bits per heavy atom. The maximum Gasteiger partial charge on any atom is 0.319 e. The zero-order chi connectivity index (χ0) is 15.5. The number of aryl methyl sites for hydroxylation is 1. The average Bonchev–Trinajstić information content (AvgIpc) is 3.06. The zero-order valence-electron chi connectivity index (χ0n) is 12.6. The number of amides is 2. The highest BCUT2D eigenvalue weighted by molar-refractivity contribution is 5.89. The van der Waals surface area contributed by atoms with Crippen LogP contribution in [0.5, 0.6) is 0 Å². The second kappa shape index (κ2) is 6.15. The fourth-order valence-corrected chi connectivity index (χ4v) is 2.72. The van der Waals surface area contributed by atoms with Crippen molar-refractivity contribution in [3.05, 3.63) is 42.0 Å². The highest BCUT2D eigenvalue weighted by Gasteiger charge is 2.34. The number of urea groups is 1. The Labute approximate surface area is 128 Å². The van der Waals surface area contributed by atoms with Gasteiger partial charge >= 0.3 is 6.03 Å². The number of hydrogen-bond acceptors (Lipinski definition) is 5. The largest absolute Gasteiger partial charge is 0.338 e. The van der Waals surface area contributed by atoms with E-state index in [0.717, 1.165) is 18.7 Å². The molecule has 1 aromatic heterocycles. The Hall–Kier alpha value is -2.41. The lowest BCUT2D eigenvalue weighted by atomic mass is 10.1. The Balaban J connectivity index is 1.57. The second-order valence-electron chi connectivity index (χ2n) is 5.53. The number of nitrogens with zero attached hydrogens (tertiary/aromatic N) is 3. The fraction of sp³-hybridized carbons (Fsp3) is 0.400. The molecule has 1 aliphatic rings. The van der Waals surface area contributed by atoms with Crippen molar-refractivity contribution in [2.24, 2.45) is 0 Å². The number of nitrogens with one attached hydrogen (secondary N) is 2. The highest BCUT2D eigenvalue weighted by atomic mass is 16.5. The first-order chi connectivity index (χ1) is 10.6. The molecule has 1 aromatic carbocycles. The predicted octanol–water partition coefficient (Wildman–Crippen LogP) is 1.94. The number of likely N-dealkylation sites (N-methyl/N-ethyl adjacent to an activating group) is 1. The SMILES string of the molecule is Cc1noc([C@@H]2C[C@H](NC(=O)Nc3ccccc3)CN2C)n1. The third kappa shape index (κ3) is 3.25. The van der Waals surface area contributed by atoms with E-state index in [0.29, 0.717) is 11.7 Å². The van der Waals surface area contributed by atoms with Crippen molar-refractivity contribution in [1.82, 2.24) is 20.4 Å². The van der Waals surface area contributed by atoms with Gasteiger partial charge in [-0.05, 0) is 32.5 Å². The minimum absolute atomic E-state index is 0.0447. The third-order valence-electron chi connectivity index (χ3n) is 3.74. The molecule has 7 heteroatoms. The van der Waals surface area contributed by atoms with Crippen molar-refractivity contribution in [1.29, 1.82) is 0 Å². The molecule has 0 bridgehead atoms. The zero-order valence-corrected chi connectivity index (χ0v) is 12.6. The van der Waals surface area contributed by atoms with Crippen molar-refractivity contribution < 1.29 is 9.32 Å². The first-order valence-corrected chi connectivity index (χ1v) is 7.25. The molecule has 0 radical (unpaired) electrons. The van der Waals surface area contributed by atoms with E-state index in [1.54, 1.807) is 6.92 Å². The van der Waals surface area contributed by atoms with Crippen molar-refractivity contribution in [3.63, 3.8) is 0 Å². The molecule has 3 rings (SSSR count). The Kier molecular flexibility index (Phi) is 4.06. The van der Waals surface area contributed by atoms with Crippen molar-refractivity contribution in [3.8, 4) is 0 Å². The minimum Gasteiger partial charge on any atom is -0.338 e. The van der Waals surface area contributed by atoms with Crippen LogP contribution in [0.3, 0.4) is 0 Å². The van der Waals surface area contributed by atoms with Gasteiger partial charge in [-0.2, -0.15) is 4.98 Å². The topological polar surface area (TPSA) is 83.3 Å². The molecule has 22 heavy (non-hydrogen) atoms. The maximum atomic E-state index is 12.0. The molecule has 2 aromatic rings. The van der Waals surface area contributed by atoms with Crippen LogP contribution in [-0.2, 0) is 0 Å². The van der Waals surface area contributed by atoms with Crippen molar-refractivity contribution in [2.45, 2.75) is 25.4 Å². The van der Waals surface area contributed by atoms with E-state index in [1.165, 1.54) is 0 Å². The van der Waals surface area contributed by atoms with Gasteiger partial charge in [0.2, 0.25) is 5.89 Å². The molecule has 0 aliphatic carbocycles. The van der Waals surface area contributed by atoms with Crippen LogP contribution in [0, 0.1) is 6.92 Å². The van der Waals surface area contributed by atoms with Crippen molar-refractivity contribution >= 4 is 11.7 Å². The second-order valence-corrected chi connectivity index (χ2v) is 5.53. The van der Waals surface area contributed by atoms with Gasteiger partial charge in [-0.25, -0.2) is 4.79 Å². The molecule has 1 saturated heterocycles. The van der Waals surface area contributed by atoms with Gasteiger partial charge in [-0.1, -0.05) is 23.4 Å². The quantitative estimate of drug-likeness (QED) is 0.905. The van der Waals surface area contributed by atoms with Gasteiger partial charge in [0.05, 0.1) is 6.04 Å². The van der Waals surface area contributed by atoms with Gasteiger partial charge in [-0.15, -0.1) is 0 Å². The summed E-state index contributed by atoms with van der Waals surface area (Å²) in [5.41, 5.74) is 0.774. The molecule has 2 heterocycles. The Morgan fingerprint density at radius 2 is 2.14 bits per heavy atom. The van der Waals surface area contributed by atoms with Gasteiger partial charge in [0.1, 0.15) is 0 Å². The monoisotopic (exact) mass is 301 g/mol. The van der Waals surface area contributed by atoms with E-state index in [1.807, 2.05) is 37.4 Å². The number of aromatic nitrogens is 2. The molecule has 2 amide bonds. The highest BCUT2D eigenvalue weighted by Crippen LogP contribution is 2.29. The number of likely N-dealkylation sites (tertiary alicyclic amines) is 1. The summed E-state index contributed by atoms with van der Waals surface area (Å²) >= 11 is 0. The molecular formula is C15H19N5O2. The molecule has 1 fully saturated rings. The summed E-state index contributed by atoms with van der Waals surface area (Å²) in [6, 6.07) is 9.27. The van der Waals surface area contributed by atoms with Crippen LogP contribution in [0.4, 0.5) is 10.5 Å². The summed E-state index contributed by atoms with van der Waals surface area (Å²) in [7, 11) is 1.99. The van der Waals surface area contributed by atoms with Crippen molar-refractivity contribution in [2.75, 3.05) is 18.9 Å². The van der Waals surface area contributed by atoms with E-state index in [2.05, 4.69) is 25.7 Å². The lowest BCUT2D eigenvalue weighted by Gasteiger charge is -2.14. The number of hydrogen-bond donors (Lipinski definition) is 2. The molecule has 1 aliphatic heterocycles. The first kappa shape index (κ1) is 14.5. The van der Waals surface area contributed by atoms with Gasteiger partial charge in [0, 0.05) is 18.3 Å². The molecule has 2 N–H and O–H groups in total. The third-order valence-corrected chi connectivity index (χ3v) is 3.74. The van der Waals surface area contributed by atoms with Crippen LogP contribution in [0.2, 0.25) is 0 Å². The summed E-state index contributed by atoms with van der Waals surface area (Å²) in [6.45, 7) is 2.54. The van der Waals surface area contributed by atoms with Gasteiger partial charge in [-0.3, -0.25) is 4.90 Å². The van der Waals surface area contributed by atoms with Crippen LogP contribution >= 0.6 is 0 Å². The Morgan fingerprint density at radius 1 is 1.36 bits per heavy atom. The molecular weight excluding hydrogens is 282 g/mol. The smallest absolute Gasteiger partial charge is 0.319 e. The maximum absolute atomic E-state index is 12.0. The van der Waals surface area contributed by atoms with E-state index >= 15 is 0 Å². The number of carbonyl (C=O) groups is 1. The van der Waals surface area contributed by atoms with E-state index in [-0.39, 0.29) is 18.1 Å². The predicted molar refractivity (Wildman–Crippen MR) is 81.4 cm³/mol. The van der Waals surface area contributed by atoms with Crippen LogP contribution in [0.15, 0.2) is 34.9 Å². The summed E-state index contributed by atoms with van der Waals surface area (Å²) in [5.74, 6) is 1.23. The normalized spacial score (nSPS) is 21.7. The molecule has 0 unspecified atom stereocenters. The molecule has 0 saturated carbocycles. The number of benzene rings is 1. The minimum atomic E-state index is -0.202. The molecule has 0 spiro atoms. The van der Waals surface area contributed by atoms with E-state index < -0.39 is 0 Å². The van der Waals surface area contributed by atoms with Crippen LogP contribution in [-0.4, -0.2) is 40.7 Å². The molecule has 2 atom stereocenters. The number of rotatable bonds is 3. The summed E-state index contributed by atoms with van der Waals surface area (Å²) in [6.07, 6.45) is 0.750. The van der Waals surface area contributed by atoms with Crippen LogP contribution in [0.25, 0.3) is 0 Å². The first-order valence-electron chi connectivity index (χ1n) is 7.25. The Bertz CT molecular complexity index is 642. The number of carbonyl (C=O) groups excluding carboxylic acids is 1. The van der Waals surface area contributed by atoms with Crippen LogP contribution < -0.4 is 10.6 Å². The number of anilines is 1. The van der Waals surface area contributed by atoms with Gasteiger partial charge < -0.3 is 15.2 Å². The van der Waals surface area contributed by atoms with Crippen LogP contribution in [0.1, 0.15) is 24.2 Å². The lowest BCUT2D eigenvalue weighted by Crippen LogP contribution is -2.39. The van der Waals surface area contributed by atoms with E-state index in [4.69, 9.17) is 4.52 Å². The summed E-state index contributed by atoms with van der Waals surface area (Å²) in [4.78, 5) is 18.4. The summed E-state index contributed by atoms with van der Waals surface area (Å²) in [5, 5.41) is 9.63. The van der Waals surface area contributed by atoms with Gasteiger partial charge in [0.15, 0.2) is 5.82 Å². The lowest BCUT2D eigenvalue weighted by molar-refractivity contribution is 0.243. The van der Waals surface area contributed by atoms with E-state index in [9.17, 15) is 4.79 Å². The fourth-order valence-electron chi connectivity index (χ4n) is 2.72. The standard InChI is InChI=1S/C15H19N5O2/c1-10-16-14(22-19-10)13-8-12(9-20(13)2)18-15(21)17-11-6-4-3-5-7-11/h3-7,12-13H,8-9H2,1-2H3,(H2,17,18,21)/t12-,13-/m0/s1. The van der Waals surface area contributed by atoms with Gasteiger partial charge in [0.25, 0.3) is 0 Å².